The Morgan fingerprint density at radius 2 is 2.11 bits per heavy atom. The number of carbonyl (C=O) groups is 1. The minimum atomic E-state index is -0.117. The van der Waals surface area contributed by atoms with Gasteiger partial charge in [0.2, 0.25) is 0 Å². The van der Waals surface area contributed by atoms with E-state index in [1.54, 1.807) is 18.2 Å². The third-order valence-electron chi connectivity index (χ3n) is 3.31. The molecule has 0 heterocycles. The third kappa shape index (κ3) is 3.37. The number of carbonyl (C=O) groups excluding carboxylic acids is 1. The van der Waals surface area contributed by atoms with E-state index >= 15 is 0 Å². The van der Waals surface area contributed by atoms with Gasteiger partial charge in [-0.3, -0.25) is 4.79 Å². The van der Waals surface area contributed by atoms with Crippen LogP contribution in [0.4, 0.5) is 0 Å². The van der Waals surface area contributed by atoms with Crippen molar-refractivity contribution in [3.05, 3.63) is 33.8 Å². The van der Waals surface area contributed by atoms with Crippen molar-refractivity contribution < 1.29 is 4.79 Å². The molecule has 2 rings (SSSR count). The summed E-state index contributed by atoms with van der Waals surface area (Å²) in [6.45, 7) is 0.673. The molecule has 1 saturated carbocycles. The Balaban J connectivity index is 1.89. The van der Waals surface area contributed by atoms with E-state index in [0.29, 0.717) is 28.1 Å². The average Bonchev–Trinajstić information content (AvgIpc) is 2.75. The Labute approximate surface area is 117 Å². The lowest BCUT2D eigenvalue weighted by molar-refractivity contribution is 0.0947. The summed E-state index contributed by atoms with van der Waals surface area (Å²) in [5, 5.41) is 3.76. The number of benzene rings is 1. The predicted octanol–water partition coefficient (Wildman–Crippen LogP) is 2.85. The number of nitrogens with two attached hydrogens (primary N) is 1. The fourth-order valence-corrected chi connectivity index (χ4v) is 2.57. The number of nitrogens with one attached hydrogen (secondary N) is 1. The van der Waals surface area contributed by atoms with Crippen LogP contribution in [0.15, 0.2) is 18.2 Å². The lowest BCUT2D eigenvalue weighted by Gasteiger charge is -2.11. The fraction of sp³-hybridized carbons (Fsp3) is 0.462. The standard InChI is InChI=1S/C13H16Cl2N2O/c14-11-4-2-9(6-12(11)15)13(18)17-7-8-1-3-10(16)5-8/h2,4,6,8,10H,1,3,5,7,16H2,(H,17,18)/t8-,10+/m0/s1. The van der Waals surface area contributed by atoms with Crippen LogP contribution in [-0.2, 0) is 0 Å². The van der Waals surface area contributed by atoms with E-state index in [-0.39, 0.29) is 11.9 Å². The van der Waals surface area contributed by atoms with Gasteiger partial charge in [-0.15, -0.1) is 0 Å². The Kier molecular flexibility index (Phi) is 4.49. The number of amides is 1. The Bertz CT molecular complexity index is 451. The zero-order valence-electron chi connectivity index (χ0n) is 9.96. The first-order valence-corrected chi connectivity index (χ1v) is 6.80. The number of halogens is 2. The first-order valence-electron chi connectivity index (χ1n) is 6.05. The van der Waals surface area contributed by atoms with E-state index in [2.05, 4.69) is 5.32 Å². The zero-order valence-corrected chi connectivity index (χ0v) is 11.5. The van der Waals surface area contributed by atoms with Gasteiger partial charge >= 0.3 is 0 Å². The molecule has 0 saturated heterocycles. The van der Waals surface area contributed by atoms with Gasteiger partial charge in [-0.25, -0.2) is 0 Å². The van der Waals surface area contributed by atoms with Crippen molar-refractivity contribution >= 4 is 29.1 Å². The average molecular weight is 287 g/mol. The van der Waals surface area contributed by atoms with Crippen LogP contribution < -0.4 is 11.1 Å². The first-order chi connectivity index (χ1) is 8.56. The molecule has 1 aromatic rings. The van der Waals surface area contributed by atoms with Crippen molar-refractivity contribution in [1.29, 1.82) is 0 Å². The normalized spacial score (nSPS) is 23.1. The van der Waals surface area contributed by atoms with Gasteiger partial charge in [0.15, 0.2) is 0 Å². The summed E-state index contributed by atoms with van der Waals surface area (Å²) >= 11 is 11.7. The summed E-state index contributed by atoms with van der Waals surface area (Å²) in [7, 11) is 0. The Morgan fingerprint density at radius 3 is 2.72 bits per heavy atom. The molecule has 1 aromatic carbocycles. The summed E-state index contributed by atoms with van der Waals surface area (Å²) in [5.74, 6) is 0.376. The van der Waals surface area contributed by atoms with E-state index in [0.717, 1.165) is 19.3 Å². The van der Waals surface area contributed by atoms with E-state index < -0.39 is 0 Å². The molecular formula is C13H16Cl2N2O. The maximum Gasteiger partial charge on any atom is 0.251 e. The third-order valence-corrected chi connectivity index (χ3v) is 4.05. The molecule has 0 spiro atoms. The topological polar surface area (TPSA) is 55.1 Å². The molecule has 3 N–H and O–H groups in total. The van der Waals surface area contributed by atoms with Crippen molar-refractivity contribution in [3.63, 3.8) is 0 Å². The summed E-state index contributed by atoms with van der Waals surface area (Å²) in [6, 6.07) is 5.17. The van der Waals surface area contributed by atoms with Crippen molar-refractivity contribution in [3.8, 4) is 0 Å². The highest BCUT2D eigenvalue weighted by Crippen LogP contribution is 2.24. The Hall–Kier alpha value is -0.770. The maximum atomic E-state index is 11.9. The van der Waals surface area contributed by atoms with Crippen molar-refractivity contribution in [2.45, 2.75) is 25.3 Å². The van der Waals surface area contributed by atoms with Crippen LogP contribution in [0.5, 0.6) is 0 Å². The van der Waals surface area contributed by atoms with Crippen molar-refractivity contribution in [2.75, 3.05) is 6.54 Å². The van der Waals surface area contributed by atoms with Gasteiger partial charge in [0, 0.05) is 18.2 Å². The first kappa shape index (κ1) is 13.7. The number of rotatable bonds is 3. The van der Waals surface area contributed by atoms with Gasteiger partial charge in [-0.05, 0) is 43.4 Å². The highest BCUT2D eigenvalue weighted by Gasteiger charge is 2.22. The molecule has 5 heteroatoms. The van der Waals surface area contributed by atoms with Gasteiger partial charge in [0.05, 0.1) is 10.0 Å². The summed E-state index contributed by atoms with van der Waals surface area (Å²) in [5.41, 5.74) is 6.37. The van der Waals surface area contributed by atoms with Crippen LogP contribution in [0.3, 0.4) is 0 Å². The van der Waals surface area contributed by atoms with Gasteiger partial charge in [-0.2, -0.15) is 0 Å². The van der Waals surface area contributed by atoms with Gasteiger partial charge in [0.1, 0.15) is 0 Å². The fourth-order valence-electron chi connectivity index (χ4n) is 2.28. The van der Waals surface area contributed by atoms with E-state index in [4.69, 9.17) is 28.9 Å². The quantitative estimate of drug-likeness (QED) is 0.898. The van der Waals surface area contributed by atoms with Gasteiger partial charge in [-0.1, -0.05) is 23.2 Å². The van der Waals surface area contributed by atoms with E-state index in [1.165, 1.54) is 0 Å². The minimum absolute atomic E-state index is 0.117. The van der Waals surface area contributed by atoms with Crippen LogP contribution in [0, 0.1) is 5.92 Å². The number of hydrogen-bond donors (Lipinski definition) is 2. The molecule has 0 radical (unpaired) electrons. The largest absolute Gasteiger partial charge is 0.352 e. The molecule has 0 aliphatic heterocycles. The van der Waals surface area contributed by atoms with Crippen molar-refractivity contribution in [2.24, 2.45) is 11.7 Å². The molecule has 2 atom stereocenters. The molecular weight excluding hydrogens is 271 g/mol. The summed E-state index contributed by atoms with van der Waals surface area (Å²) < 4.78 is 0. The molecule has 1 aliphatic rings. The van der Waals surface area contributed by atoms with Crippen LogP contribution in [0.2, 0.25) is 10.0 Å². The lowest BCUT2D eigenvalue weighted by atomic mass is 10.1. The molecule has 98 valence electrons. The minimum Gasteiger partial charge on any atom is -0.352 e. The van der Waals surface area contributed by atoms with Crippen LogP contribution in [-0.4, -0.2) is 18.5 Å². The van der Waals surface area contributed by atoms with Gasteiger partial charge in [0.25, 0.3) is 5.91 Å². The summed E-state index contributed by atoms with van der Waals surface area (Å²) in [4.78, 5) is 11.9. The molecule has 0 unspecified atom stereocenters. The van der Waals surface area contributed by atoms with Crippen LogP contribution >= 0.6 is 23.2 Å². The van der Waals surface area contributed by atoms with Crippen LogP contribution in [0.25, 0.3) is 0 Å². The Morgan fingerprint density at radius 1 is 1.33 bits per heavy atom. The highest BCUT2D eigenvalue weighted by molar-refractivity contribution is 6.42. The molecule has 0 bridgehead atoms. The zero-order chi connectivity index (χ0) is 13.1. The van der Waals surface area contributed by atoms with Crippen molar-refractivity contribution in [1.82, 2.24) is 5.32 Å². The predicted molar refractivity (Wildman–Crippen MR) is 74.1 cm³/mol. The molecule has 18 heavy (non-hydrogen) atoms. The molecule has 1 amide bonds. The second-order valence-corrected chi connectivity index (χ2v) is 5.59. The van der Waals surface area contributed by atoms with E-state index in [1.807, 2.05) is 0 Å². The maximum absolute atomic E-state index is 11.9. The summed E-state index contributed by atoms with van der Waals surface area (Å²) in [6.07, 6.45) is 3.12. The molecule has 0 aromatic heterocycles. The number of hydrogen-bond acceptors (Lipinski definition) is 2. The second-order valence-electron chi connectivity index (χ2n) is 4.78. The second kappa shape index (κ2) is 5.91. The molecule has 1 aliphatic carbocycles. The van der Waals surface area contributed by atoms with E-state index in [9.17, 15) is 4.79 Å². The van der Waals surface area contributed by atoms with Crippen LogP contribution in [0.1, 0.15) is 29.6 Å². The van der Waals surface area contributed by atoms with Gasteiger partial charge < -0.3 is 11.1 Å². The monoisotopic (exact) mass is 286 g/mol. The smallest absolute Gasteiger partial charge is 0.251 e. The molecule has 3 nitrogen and oxygen atoms in total. The SMILES string of the molecule is N[C@@H]1CC[C@H](CNC(=O)c2ccc(Cl)c(Cl)c2)C1. The molecule has 1 fully saturated rings. The highest BCUT2D eigenvalue weighted by atomic mass is 35.5. The lowest BCUT2D eigenvalue weighted by Crippen LogP contribution is -2.29.